The van der Waals surface area contributed by atoms with Gasteiger partial charge in [0.2, 0.25) is 0 Å². The second kappa shape index (κ2) is 7.32. The lowest BCUT2D eigenvalue weighted by Gasteiger charge is -2.35. The van der Waals surface area contributed by atoms with Crippen molar-refractivity contribution < 1.29 is 9.53 Å². The van der Waals surface area contributed by atoms with Gasteiger partial charge in [-0.25, -0.2) is 0 Å². The second-order valence-corrected chi connectivity index (χ2v) is 7.93. The van der Waals surface area contributed by atoms with E-state index in [4.69, 9.17) is 10.00 Å². The fourth-order valence-corrected chi connectivity index (χ4v) is 5.00. The molecule has 1 aliphatic heterocycles. The lowest BCUT2D eigenvalue weighted by Crippen LogP contribution is -2.42. The predicted molar refractivity (Wildman–Crippen MR) is 103 cm³/mol. The normalized spacial score (nSPS) is 16.0. The number of rotatable bonds is 4. The quantitative estimate of drug-likeness (QED) is 0.680. The highest BCUT2D eigenvalue weighted by Gasteiger charge is 2.33. The van der Waals surface area contributed by atoms with Crippen LogP contribution >= 0.6 is 22.7 Å². The molecule has 0 aliphatic carbocycles. The summed E-state index contributed by atoms with van der Waals surface area (Å²) < 4.78 is 5.67. The van der Waals surface area contributed by atoms with E-state index in [0.717, 1.165) is 11.3 Å². The number of hydrogen-bond donors (Lipinski definition) is 0. The molecule has 6 heteroatoms. The van der Waals surface area contributed by atoms with Gasteiger partial charge in [-0.1, -0.05) is 18.2 Å². The number of amides is 1. The number of para-hydroxylation sites is 1. The zero-order valence-electron chi connectivity index (χ0n) is 13.9. The standard InChI is InChI=1S/C20H16N2O2S2/c21-12-14-4-1-2-5-16(14)24-13-19(23)22-9-7-17-15(8-11-26-17)20(22)18-6-3-10-25-18/h1-6,8,10-11,20H,7,9,13H2. The van der Waals surface area contributed by atoms with E-state index < -0.39 is 0 Å². The first kappa shape index (κ1) is 16.8. The summed E-state index contributed by atoms with van der Waals surface area (Å²) in [6.07, 6.45) is 0.870. The Hall–Kier alpha value is -2.62. The smallest absolute Gasteiger partial charge is 0.261 e. The second-order valence-electron chi connectivity index (χ2n) is 5.95. The van der Waals surface area contributed by atoms with Crippen molar-refractivity contribution in [3.63, 3.8) is 0 Å². The number of hydrogen-bond acceptors (Lipinski definition) is 5. The van der Waals surface area contributed by atoms with Gasteiger partial charge in [0.25, 0.3) is 5.91 Å². The van der Waals surface area contributed by atoms with Crippen molar-refractivity contribution >= 4 is 28.6 Å². The van der Waals surface area contributed by atoms with Crippen LogP contribution in [0.25, 0.3) is 0 Å². The molecule has 1 amide bonds. The topological polar surface area (TPSA) is 53.3 Å². The molecule has 26 heavy (non-hydrogen) atoms. The molecule has 0 spiro atoms. The van der Waals surface area contributed by atoms with E-state index in [0.29, 0.717) is 17.9 Å². The molecule has 3 heterocycles. The highest BCUT2D eigenvalue weighted by Crippen LogP contribution is 2.39. The molecule has 0 N–H and O–H groups in total. The first-order chi connectivity index (χ1) is 12.8. The minimum Gasteiger partial charge on any atom is -0.482 e. The molecule has 0 radical (unpaired) electrons. The molecule has 1 aliphatic rings. The highest BCUT2D eigenvalue weighted by molar-refractivity contribution is 7.10. The fourth-order valence-electron chi connectivity index (χ4n) is 3.25. The molecule has 1 unspecified atom stereocenters. The van der Waals surface area contributed by atoms with Crippen LogP contribution in [-0.4, -0.2) is 24.0 Å². The first-order valence-electron chi connectivity index (χ1n) is 8.29. The molecule has 4 rings (SSSR count). The number of nitrogens with zero attached hydrogens (tertiary/aromatic N) is 2. The van der Waals surface area contributed by atoms with Gasteiger partial charge in [-0.05, 0) is 47.0 Å². The van der Waals surface area contributed by atoms with Gasteiger partial charge in [-0.15, -0.1) is 22.7 Å². The molecule has 2 aromatic heterocycles. The lowest BCUT2D eigenvalue weighted by atomic mass is 9.98. The molecule has 130 valence electrons. The maximum atomic E-state index is 12.9. The van der Waals surface area contributed by atoms with Crippen molar-refractivity contribution in [3.8, 4) is 11.8 Å². The summed E-state index contributed by atoms with van der Waals surface area (Å²) in [6.45, 7) is 0.609. The Labute approximate surface area is 159 Å². The average molecular weight is 380 g/mol. The van der Waals surface area contributed by atoms with Crippen molar-refractivity contribution in [2.24, 2.45) is 0 Å². The Morgan fingerprint density at radius 2 is 2.08 bits per heavy atom. The van der Waals surface area contributed by atoms with Crippen molar-refractivity contribution in [1.29, 1.82) is 5.26 Å². The van der Waals surface area contributed by atoms with Gasteiger partial charge in [0, 0.05) is 16.3 Å². The van der Waals surface area contributed by atoms with E-state index in [9.17, 15) is 4.79 Å². The van der Waals surface area contributed by atoms with E-state index in [1.807, 2.05) is 16.3 Å². The highest BCUT2D eigenvalue weighted by atomic mass is 32.1. The molecule has 0 fully saturated rings. The maximum absolute atomic E-state index is 12.9. The van der Waals surface area contributed by atoms with E-state index in [2.05, 4.69) is 23.6 Å². The van der Waals surface area contributed by atoms with Crippen molar-refractivity contribution in [1.82, 2.24) is 4.90 Å². The van der Waals surface area contributed by atoms with Crippen LogP contribution in [0, 0.1) is 11.3 Å². The molecule has 0 saturated heterocycles. The van der Waals surface area contributed by atoms with Gasteiger partial charge in [0.15, 0.2) is 6.61 Å². The third-order valence-corrected chi connectivity index (χ3v) is 6.38. The summed E-state index contributed by atoms with van der Waals surface area (Å²) in [5.41, 5.74) is 1.66. The molecule has 4 nitrogen and oxygen atoms in total. The van der Waals surface area contributed by atoms with Crippen LogP contribution in [0.4, 0.5) is 0 Å². The maximum Gasteiger partial charge on any atom is 0.261 e. The van der Waals surface area contributed by atoms with E-state index in [-0.39, 0.29) is 18.6 Å². The summed E-state index contributed by atoms with van der Waals surface area (Å²) in [5, 5.41) is 13.3. The van der Waals surface area contributed by atoms with Crippen LogP contribution in [0.3, 0.4) is 0 Å². The summed E-state index contributed by atoms with van der Waals surface area (Å²) in [7, 11) is 0. The van der Waals surface area contributed by atoms with Crippen LogP contribution < -0.4 is 4.74 Å². The Bertz CT molecular complexity index is 956. The Morgan fingerprint density at radius 1 is 1.19 bits per heavy atom. The zero-order chi connectivity index (χ0) is 17.9. The number of fused-ring (bicyclic) bond motifs is 1. The van der Waals surface area contributed by atoms with Gasteiger partial charge < -0.3 is 9.64 Å². The summed E-state index contributed by atoms with van der Waals surface area (Å²) in [6, 6.07) is 15.2. The van der Waals surface area contributed by atoms with Crippen LogP contribution in [0.1, 0.15) is 26.9 Å². The van der Waals surface area contributed by atoms with E-state index >= 15 is 0 Å². The minimum atomic E-state index is -0.0694. The number of nitriles is 1. The molecule has 1 aromatic carbocycles. The molecular weight excluding hydrogens is 364 g/mol. The van der Waals surface area contributed by atoms with Gasteiger partial charge in [0.05, 0.1) is 11.6 Å². The number of thiophene rings is 2. The third kappa shape index (κ3) is 3.12. The van der Waals surface area contributed by atoms with Crippen molar-refractivity contribution in [2.45, 2.75) is 12.5 Å². The molecule has 0 bridgehead atoms. The van der Waals surface area contributed by atoms with Crippen LogP contribution in [0.15, 0.2) is 53.2 Å². The number of ether oxygens (including phenoxy) is 1. The van der Waals surface area contributed by atoms with Crippen LogP contribution in [-0.2, 0) is 11.2 Å². The van der Waals surface area contributed by atoms with Gasteiger partial charge >= 0.3 is 0 Å². The third-order valence-electron chi connectivity index (χ3n) is 4.46. The Kier molecular flexibility index (Phi) is 4.74. The number of carbonyl (C=O) groups excluding carboxylic acids is 1. The van der Waals surface area contributed by atoms with Crippen LogP contribution in [0.2, 0.25) is 0 Å². The number of carbonyl (C=O) groups is 1. The van der Waals surface area contributed by atoms with Gasteiger partial charge in [0.1, 0.15) is 11.8 Å². The average Bonchev–Trinajstić information content (AvgIpc) is 3.37. The summed E-state index contributed by atoms with van der Waals surface area (Å²) in [5.74, 6) is 0.386. The summed E-state index contributed by atoms with van der Waals surface area (Å²) >= 11 is 3.42. The van der Waals surface area contributed by atoms with E-state index in [1.165, 1.54) is 10.4 Å². The lowest BCUT2D eigenvalue weighted by molar-refractivity contribution is -0.135. The van der Waals surface area contributed by atoms with Gasteiger partial charge in [-0.3, -0.25) is 4.79 Å². The Balaban J connectivity index is 1.56. The van der Waals surface area contributed by atoms with Crippen molar-refractivity contribution in [3.05, 3.63) is 74.1 Å². The minimum absolute atomic E-state index is 0.0488. The monoisotopic (exact) mass is 380 g/mol. The van der Waals surface area contributed by atoms with Crippen LogP contribution in [0.5, 0.6) is 5.75 Å². The summed E-state index contributed by atoms with van der Waals surface area (Å²) in [4.78, 5) is 17.3. The van der Waals surface area contributed by atoms with Gasteiger partial charge in [-0.2, -0.15) is 5.26 Å². The SMILES string of the molecule is N#Cc1ccccc1OCC(=O)N1CCc2sccc2C1c1cccs1. The first-order valence-corrected chi connectivity index (χ1v) is 10.0. The molecule has 3 aromatic rings. The predicted octanol–water partition coefficient (Wildman–Crippen LogP) is 4.23. The zero-order valence-corrected chi connectivity index (χ0v) is 15.6. The number of benzene rings is 1. The molecule has 1 atom stereocenters. The molecular formula is C20H16N2O2S2. The largest absolute Gasteiger partial charge is 0.482 e. The Morgan fingerprint density at radius 3 is 2.88 bits per heavy atom. The van der Waals surface area contributed by atoms with E-state index in [1.54, 1.807) is 46.9 Å². The van der Waals surface area contributed by atoms with Crippen molar-refractivity contribution in [2.75, 3.05) is 13.2 Å². The fraction of sp³-hybridized carbons (Fsp3) is 0.200. The molecule has 0 saturated carbocycles.